The molecule has 2 nitrogen and oxygen atoms in total. The highest BCUT2D eigenvalue weighted by Gasteiger charge is 2.47. The van der Waals surface area contributed by atoms with Gasteiger partial charge in [0.2, 0.25) is 0 Å². The number of rotatable bonds is 1. The number of anilines is 1. The fourth-order valence-electron chi connectivity index (χ4n) is 2.37. The molecule has 3 rings (SSSR count). The lowest BCUT2D eigenvalue weighted by Crippen LogP contribution is -2.38. The minimum atomic E-state index is -0.352. The lowest BCUT2D eigenvalue weighted by molar-refractivity contribution is 0.258. The average molecular weight is 276 g/mol. The Balaban J connectivity index is 1.84. The standard InChI is InChI=1S/C12H12Cl2FNO/c13-8-5-9(14)11(10(15)6-8)16-3-1-12(2-4-16)7-17-12/h5-6H,1-4,7H2. The van der Waals surface area contributed by atoms with Gasteiger partial charge in [-0.25, -0.2) is 4.39 Å². The van der Waals surface area contributed by atoms with Crippen molar-refractivity contribution < 1.29 is 9.13 Å². The van der Waals surface area contributed by atoms with Gasteiger partial charge in [-0.15, -0.1) is 0 Å². The summed E-state index contributed by atoms with van der Waals surface area (Å²) >= 11 is 11.8. The summed E-state index contributed by atoms with van der Waals surface area (Å²) in [5, 5.41) is 0.706. The van der Waals surface area contributed by atoms with Gasteiger partial charge in [-0.3, -0.25) is 0 Å². The molecule has 2 saturated heterocycles. The molecule has 0 aliphatic carbocycles. The molecule has 0 unspecified atom stereocenters. The summed E-state index contributed by atoms with van der Waals surface area (Å²) in [4.78, 5) is 1.97. The van der Waals surface area contributed by atoms with Crippen LogP contribution in [0.4, 0.5) is 10.1 Å². The van der Waals surface area contributed by atoms with Crippen molar-refractivity contribution in [3.8, 4) is 0 Å². The normalized spacial score (nSPS) is 21.9. The predicted molar refractivity (Wildman–Crippen MR) is 66.6 cm³/mol. The van der Waals surface area contributed by atoms with Crippen molar-refractivity contribution >= 4 is 28.9 Å². The average Bonchev–Trinajstić information content (AvgIpc) is 3.00. The van der Waals surface area contributed by atoms with Gasteiger partial charge in [0.25, 0.3) is 0 Å². The smallest absolute Gasteiger partial charge is 0.149 e. The van der Waals surface area contributed by atoms with Gasteiger partial charge in [0, 0.05) is 18.1 Å². The van der Waals surface area contributed by atoms with Crippen LogP contribution in [0.1, 0.15) is 12.8 Å². The van der Waals surface area contributed by atoms with Crippen molar-refractivity contribution in [3.05, 3.63) is 28.0 Å². The number of benzene rings is 1. The Bertz CT molecular complexity index is 429. The minimum absolute atomic E-state index is 0.0892. The lowest BCUT2D eigenvalue weighted by Gasteiger charge is -2.33. The lowest BCUT2D eigenvalue weighted by atomic mass is 9.97. The van der Waals surface area contributed by atoms with Crippen molar-refractivity contribution in [1.82, 2.24) is 0 Å². The third-order valence-corrected chi connectivity index (χ3v) is 4.03. The quantitative estimate of drug-likeness (QED) is 0.729. The van der Waals surface area contributed by atoms with E-state index in [4.69, 9.17) is 27.9 Å². The summed E-state index contributed by atoms with van der Waals surface area (Å²) in [7, 11) is 0. The van der Waals surface area contributed by atoms with E-state index >= 15 is 0 Å². The number of hydrogen-bond acceptors (Lipinski definition) is 2. The maximum atomic E-state index is 13.9. The number of nitrogens with zero attached hydrogens (tertiary/aromatic N) is 1. The van der Waals surface area contributed by atoms with Crippen LogP contribution in [-0.4, -0.2) is 25.3 Å². The second-order valence-electron chi connectivity index (χ2n) is 4.68. The number of ether oxygens (including phenoxy) is 1. The molecule has 2 aliphatic heterocycles. The van der Waals surface area contributed by atoms with E-state index in [1.165, 1.54) is 6.07 Å². The largest absolute Gasteiger partial charge is 0.369 e. The van der Waals surface area contributed by atoms with E-state index in [1.54, 1.807) is 6.07 Å². The number of piperidine rings is 1. The third-order valence-electron chi connectivity index (χ3n) is 3.53. The Kier molecular flexibility index (Phi) is 2.73. The zero-order valence-electron chi connectivity index (χ0n) is 9.18. The van der Waals surface area contributed by atoms with Crippen LogP contribution in [0.25, 0.3) is 0 Å². The highest BCUT2D eigenvalue weighted by Crippen LogP contribution is 2.41. The Morgan fingerprint density at radius 3 is 2.41 bits per heavy atom. The van der Waals surface area contributed by atoms with Crippen molar-refractivity contribution in [1.29, 1.82) is 0 Å². The summed E-state index contributed by atoms with van der Waals surface area (Å²) in [6, 6.07) is 2.89. The van der Waals surface area contributed by atoms with E-state index in [0.717, 1.165) is 32.5 Å². The molecule has 0 bridgehead atoms. The van der Waals surface area contributed by atoms with Crippen LogP contribution in [0.3, 0.4) is 0 Å². The first-order valence-corrected chi connectivity index (χ1v) is 6.39. The molecular formula is C12H12Cl2FNO. The molecule has 1 spiro atoms. The molecule has 0 amide bonds. The Morgan fingerprint density at radius 2 is 1.88 bits per heavy atom. The molecule has 1 aromatic rings. The highest BCUT2D eigenvalue weighted by atomic mass is 35.5. The van der Waals surface area contributed by atoms with Crippen molar-refractivity contribution in [2.24, 2.45) is 0 Å². The van der Waals surface area contributed by atoms with Gasteiger partial charge in [-0.1, -0.05) is 23.2 Å². The van der Waals surface area contributed by atoms with Crippen LogP contribution in [0.2, 0.25) is 10.0 Å². The molecule has 2 fully saturated rings. The van der Waals surface area contributed by atoms with Gasteiger partial charge in [-0.2, -0.15) is 0 Å². The monoisotopic (exact) mass is 275 g/mol. The second-order valence-corrected chi connectivity index (χ2v) is 5.52. The molecule has 5 heteroatoms. The zero-order chi connectivity index (χ0) is 12.0. The zero-order valence-corrected chi connectivity index (χ0v) is 10.7. The van der Waals surface area contributed by atoms with E-state index in [-0.39, 0.29) is 11.4 Å². The van der Waals surface area contributed by atoms with E-state index in [1.807, 2.05) is 4.90 Å². The maximum absolute atomic E-state index is 13.9. The fraction of sp³-hybridized carbons (Fsp3) is 0.500. The predicted octanol–water partition coefficient (Wildman–Crippen LogP) is 3.50. The molecule has 92 valence electrons. The van der Waals surface area contributed by atoms with Gasteiger partial charge in [0.15, 0.2) is 0 Å². The van der Waals surface area contributed by atoms with Gasteiger partial charge in [0.05, 0.1) is 22.9 Å². The van der Waals surface area contributed by atoms with Crippen molar-refractivity contribution in [2.75, 3.05) is 24.6 Å². The van der Waals surface area contributed by atoms with Crippen molar-refractivity contribution in [2.45, 2.75) is 18.4 Å². The molecule has 17 heavy (non-hydrogen) atoms. The molecular weight excluding hydrogens is 264 g/mol. The van der Waals surface area contributed by atoms with Gasteiger partial charge in [-0.05, 0) is 25.0 Å². The highest BCUT2D eigenvalue weighted by molar-refractivity contribution is 6.36. The summed E-state index contributed by atoms with van der Waals surface area (Å²) in [6.07, 6.45) is 1.87. The summed E-state index contributed by atoms with van der Waals surface area (Å²) < 4.78 is 19.3. The molecule has 2 aliphatic rings. The molecule has 0 aromatic heterocycles. The number of halogens is 3. The van der Waals surface area contributed by atoms with E-state index in [2.05, 4.69) is 0 Å². The Hall–Kier alpha value is -0.510. The second kappa shape index (κ2) is 4.01. The summed E-state index contributed by atoms with van der Waals surface area (Å²) in [5.41, 5.74) is 0.554. The third kappa shape index (κ3) is 2.12. The van der Waals surface area contributed by atoms with Crippen LogP contribution in [0, 0.1) is 5.82 Å². The molecule has 1 aromatic carbocycles. The minimum Gasteiger partial charge on any atom is -0.369 e. The van der Waals surface area contributed by atoms with Crippen molar-refractivity contribution in [3.63, 3.8) is 0 Å². The first-order valence-electron chi connectivity index (χ1n) is 5.63. The number of epoxide rings is 1. The molecule has 0 atom stereocenters. The number of hydrogen-bond donors (Lipinski definition) is 0. The fourth-order valence-corrected chi connectivity index (χ4v) is 2.95. The Morgan fingerprint density at radius 1 is 1.24 bits per heavy atom. The van der Waals surface area contributed by atoms with Crippen LogP contribution in [0.15, 0.2) is 12.1 Å². The van der Waals surface area contributed by atoms with E-state index in [0.29, 0.717) is 15.7 Å². The van der Waals surface area contributed by atoms with Crippen LogP contribution in [0.5, 0.6) is 0 Å². The summed E-state index contributed by atoms with van der Waals surface area (Å²) in [5.74, 6) is -0.352. The first kappa shape index (κ1) is 11.6. The van der Waals surface area contributed by atoms with E-state index < -0.39 is 0 Å². The molecule has 0 N–H and O–H groups in total. The maximum Gasteiger partial charge on any atom is 0.149 e. The SMILES string of the molecule is Fc1cc(Cl)cc(Cl)c1N1CCC2(CC1)CO2. The van der Waals surface area contributed by atoms with Gasteiger partial charge in [0.1, 0.15) is 5.82 Å². The summed E-state index contributed by atoms with van der Waals surface area (Å²) in [6.45, 7) is 2.40. The topological polar surface area (TPSA) is 15.8 Å². The van der Waals surface area contributed by atoms with Gasteiger partial charge < -0.3 is 9.64 Å². The molecule has 2 heterocycles. The first-order chi connectivity index (χ1) is 8.10. The van der Waals surface area contributed by atoms with Crippen LogP contribution >= 0.6 is 23.2 Å². The Labute approximate surface area is 109 Å². The van der Waals surface area contributed by atoms with Gasteiger partial charge >= 0.3 is 0 Å². The van der Waals surface area contributed by atoms with Crippen LogP contribution < -0.4 is 4.90 Å². The molecule has 0 saturated carbocycles. The molecule has 0 radical (unpaired) electrons. The van der Waals surface area contributed by atoms with E-state index in [9.17, 15) is 4.39 Å². The van der Waals surface area contributed by atoms with Crippen LogP contribution in [-0.2, 0) is 4.74 Å².